The summed E-state index contributed by atoms with van der Waals surface area (Å²) in [6.07, 6.45) is 2.35. The first-order valence-electron chi connectivity index (χ1n) is 10.7. The summed E-state index contributed by atoms with van der Waals surface area (Å²) < 4.78 is 6.77. The summed E-state index contributed by atoms with van der Waals surface area (Å²) in [5.74, 6) is -1.85. The summed E-state index contributed by atoms with van der Waals surface area (Å²) >= 11 is 0. The Morgan fingerprint density at radius 1 is 1.00 bits per heavy atom. The Labute approximate surface area is 185 Å². The van der Waals surface area contributed by atoms with Crippen LogP contribution in [0.2, 0.25) is 0 Å². The number of ether oxygens (including phenoxy) is 1. The Hall–Kier alpha value is -3.46. The van der Waals surface area contributed by atoms with E-state index >= 15 is 0 Å². The molecule has 2 aromatic rings. The summed E-state index contributed by atoms with van der Waals surface area (Å²) in [4.78, 5) is 51.4. The van der Waals surface area contributed by atoms with Crippen LogP contribution in [0.5, 0.6) is 0 Å². The van der Waals surface area contributed by atoms with Crippen molar-refractivity contribution >= 4 is 17.7 Å². The number of carbonyl (C=O) groups is 3. The lowest BCUT2D eigenvalue weighted by Crippen LogP contribution is -2.44. The predicted octanol–water partition coefficient (Wildman–Crippen LogP) is 0.306. The molecule has 1 aliphatic heterocycles. The molecule has 0 radical (unpaired) electrons. The van der Waals surface area contributed by atoms with E-state index in [1.165, 1.54) is 10.6 Å². The van der Waals surface area contributed by atoms with E-state index in [1.54, 1.807) is 47.5 Å². The average molecular weight is 438 g/mol. The first kappa shape index (κ1) is 21.8. The number of benzene rings is 1. The van der Waals surface area contributed by atoms with Crippen molar-refractivity contribution in [3.63, 3.8) is 0 Å². The van der Waals surface area contributed by atoms with Gasteiger partial charge in [0.05, 0.1) is 19.1 Å². The van der Waals surface area contributed by atoms with E-state index in [1.807, 2.05) is 0 Å². The van der Waals surface area contributed by atoms with E-state index < -0.39 is 17.9 Å². The van der Waals surface area contributed by atoms with Gasteiger partial charge in [-0.1, -0.05) is 6.07 Å². The van der Waals surface area contributed by atoms with E-state index in [0.717, 1.165) is 0 Å². The van der Waals surface area contributed by atoms with Crippen LogP contribution in [0.15, 0.2) is 53.5 Å². The van der Waals surface area contributed by atoms with Gasteiger partial charge in [-0.15, -0.1) is 0 Å². The molecule has 1 aliphatic carbocycles. The zero-order chi connectivity index (χ0) is 22.7. The number of nitrogens with one attached hydrogen (secondary N) is 1. The second-order valence-corrected chi connectivity index (χ2v) is 8.15. The topological polar surface area (TPSA) is 124 Å². The molecule has 9 heteroatoms. The number of aromatic nitrogens is 1. The van der Waals surface area contributed by atoms with Gasteiger partial charge in [0, 0.05) is 48.6 Å². The molecule has 3 unspecified atom stereocenters. The van der Waals surface area contributed by atoms with Crippen molar-refractivity contribution in [3.8, 4) is 5.69 Å². The molecular formula is C23H26N4O5. The molecule has 1 saturated carbocycles. The normalized spacial score (nSPS) is 23.0. The summed E-state index contributed by atoms with van der Waals surface area (Å²) in [5, 5.41) is 2.88. The van der Waals surface area contributed by atoms with Crippen molar-refractivity contribution in [2.24, 2.45) is 17.6 Å². The average Bonchev–Trinajstić information content (AvgIpc) is 3.23. The molecule has 3 N–H and O–H groups in total. The maximum Gasteiger partial charge on any atom is 0.255 e. The number of amides is 3. The highest BCUT2D eigenvalue weighted by atomic mass is 16.5. The summed E-state index contributed by atoms with van der Waals surface area (Å²) in [5.41, 5.74) is 6.43. The van der Waals surface area contributed by atoms with Gasteiger partial charge in [-0.2, -0.15) is 0 Å². The van der Waals surface area contributed by atoms with Crippen molar-refractivity contribution in [1.82, 2.24) is 14.8 Å². The number of morpholine rings is 1. The fraction of sp³-hybridized carbons (Fsp3) is 0.391. The number of pyridine rings is 1. The van der Waals surface area contributed by atoms with Gasteiger partial charge in [-0.05, 0) is 43.2 Å². The van der Waals surface area contributed by atoms with E-state index in [2.05, 4.69) is 5.32 Å². The number of primary amides is 1. The van der Waals surface area contributed by atoms with Gasteiger partial charge >= 0.3 is 0 Å². The molecule has 9 nitrogen and oxygen atoms in total. The SMILES string of the molecule is NC(=O)C1CC(C(=O)N2CCOCC2)CC1NC(=O)c1ccc(-n2ccccc2=O)cc1. The van der Waals surface area contributed by atoms with E-state index in [9.17, 15) is 19.2 Å². The van der Waals surface area contributed by atoms with Crippen LogP contribution in [0, 0.1) is 11.8 Å². The number of nitrogens with two attached hydrogens (primary N) is 1. The molecular weight excluding hydrogens is 412 g/mol. The fourth-order valence-corrected chi connectivity index (χ4v) is 4.42. The van der Waals surface area contributed by atoms with Crippen molar-refractivity contribution in [2.45, 2.75) is 18.9 Å². The molecule has 1 saturated heterocycles. The second kappa shape index (κ2) is 9.35. The van der Waals surface area contributed by atoms with E-state index in [4.69, 9.17) is 10.5 Å². The number of carbonyl (C=O) groups excluding carboxylic acids is 3. The first-order valence-corrected chi connectivity index (χ1v) is 10.7. The minimum absolute atomic E-state index is 0.0195. The van der Waals surface area contributed by atoms with Gasteiger partial charge in [-0.25, -0.2) is 0 Å². The highest BCUT2D eigenvalue weighted by Crippen LogP contribution is 2.33. The minimum atomic E-state index is -0.601. The Morgan fingerprint density at radius 3 is 2.38 bits per heavy atom. The summed E-state index contributed by atoms with van der Waals surface area (Å²) in [7, 11) is 0. The molecule has 3 atom stereocenters. The Balaban J connectivity index is 1.44. The summed E-state index contributed by atoms with van der Waals surface area (Å²) in [6, 6.07) is 11.0. The quantitative estimate of drug-likeness (QED) is 0.695. The molecule has 3 amide bonds. The van der Waals surface area contributed by atoms with Crippen LogP contribution in [0.4, 0.5) is 0 Å². The van der Waals surface area contributed by atoms with Gasteiger partial charge in [-0.3, -0.25) is 23.7 Å². The standard InChI is InChI=1S/C23H26N4O5/c24-21(29)18-13-16(23(31)26-9-11-32-12-10-26)14-19(18)25-22(30)15-4-6-17(7-5-15)27-8-2-1-3-20(27)28/h1-8,16,18-19H,9-14H2,(H2,24,29)(H,25,30). The molecule has 0 bridgehead atoms. The third kappa shape index (κ3) is 4.57. The van der Waals surface area contributed by atoms with Crippen LogP contribution in [-0.4, -0.2) is 59.5 Å². The molecule has 32 heavy (non-hydrogen) atoms. The smallest absolute Gasteiger partial charge is 0.255 e. The Morgan fingerprint density at radius 2 is 1.72 bits per heavy atom. The lowest BCUT2D eigenvalue weighted by molar-refractivity contribution is -0.139. The van der Waals surface area contributed by atoms with Crippen molar-refractivity contribution in [2.75, 3.05) is 26.3 Å². The maximum absolute atomic E-state index is 12.8. The molecule has 2 heterocycles. The Bertz CT molecular complexity index is 1060. The largest absolute Gasteiger partial charge is 0.378 e. The number of nitrogens with zero attached hydrogens (tertiary/aromatic N) is 2. The number of hydrogen-bond acceptors (Lipinski definition) is 5. The molecule has 168 valence electrons. The first-order chi connectivity index (χ1) is 15.4. The van der Waals surface area contributed by atoms with Crippen LogP contribution in [-0.2, 0) is 14.3 Å². The van der Waals surface area contributed by atoms with E-state index in [-0.39, 0.29) is 23.3 Å². The lowest BCUT2D eigenvalue weighted by Gasteiger charge is -2.29. The molecule has 0 spiro atoms. The number of hydrogen-bond donors (Lipinski definition) is 2. The maximum atomic E-state index is 12.8. The van der Waals surface area contributed by atoms with Gasteiger partial charge in [0.15, 0.2) is 0 Å². The monoisotopic (exact) mass is 438 g/mol. The van der Waals surface area contributed by atoms with Gasteiger partial charge in [0.25, 0.3) is 11.5 Å². The highest BCUT2D eigenvalue weighted by Gasteiger charge is 2.43. The van der Waals surface area contributed by atoms with Crippen LogP contribution in [0.3, 0.4) is 0 Å². The summed E-state index contributed by atoms with van der Waals surface area (Å²) in [6.45, 7) is 2.07. The molecule has 4 rings (SSSR count). The molecule has 2 aliphatic rings. The van der Waals surface area contributed by atoms with Crippen molar-refractivity contribution in [3.05, 3.63) is 64.6 Å². The second-order valence-electron chi connectivity index (χ2n) is 8.15. The van der Waals surface area contributed by atoms with Gasteiger partial charge in [0.2, 0.25) is 11.8 Å². The fourth-order valence-electron chi connectivity index (χ4n) is 4.42. The molecule has 1 aromatic carbocycles. The third-order valence-electron chi connectivity index (χ3n) is 6.15. The molecule has 1 aromatic heterocycles. The van der Waals surface area contributed by atoms with Crippen LogP contribution >= 0.6 is 0 Å². The van der Waals surface area contributed by atoms with Crippen LogP contribution in [0.25, 0.3) is 5.69 Å². The third-order valence-corrected chi connectivity index (χ3v) is 6.15. The Kier molecular flexibility index (Phi) is 6.36. The van der Waals surface area contributed by atoms with Crippen molar-refractivity contribution < 1.29 is 19.1 Å². The zero-order valence-electron chi connectivity index (χ0n) is 17.6. The number of rotatable bonds is 5. The lowest BCUT2D eigenvalue weighted by atomic mass is 10.0. The van der Waals surface area contributed by atoms with Gasteiger partial charge < -0.3 is 20.7 Å². The van der Waals surface area contributed by atoms with Gasteiger partial charge in [0.1, 0.15) is 0 Å². The molecule has 2 fully saturated rings. The van der Waals surface area contributed by atoms with E-state index in [0.29, 0.717) is 50.4 Å². The van der Waals surface area contributed by atoms with Crippen LogP contribution < -0.4 is 16.6 Å². The minimum Gasteiger partial charge on any atom is -0.378 e. The van der Waals surface area contributed by atoms with Crippen molar-refractivity contribution in [1.29, 1.82) is 0 Å². The van der Waals surface area contributed by atoms with Crippen LogP contribution in [0.1, 0.15) is 23.2 Å². The predicted molar refractivity (Wildman–Crippen MR) is 116 cm³/mol. The highest BCUT2D eigenvalue weighted by molar-refractivity contribution is 5.95. The zero-order valence-corrected chi connectivity index (χ0v) is 17.6.